The molecule has 0 saturated carbocycles. The molecule has 0 spiro atoms. The topological polar surface area (TPSA) is 54.0 Å². The Balaban J connectivity index is 2.69. The molecule has 1 unspecified atom stereocenters. The lowest BCUT2D eigenvalue weighted by atomic mass is 10.1. The second kappa shape index (κ2) is 5.89. The van der Waals surface area contributed by atoms with Crippen LogP contribution in [-0.4, -0.2) is 22.5 Å². The van der Waals surface area contributed by atoms with Gasteiger partial charge in [-0.15, -0.1) is 0 Å². The number of carbonyl (C=O) groups is 1. The van der Waals surface area contributed by atoms with E-state index in [1.54, 1.807) is 13.0 Å². The number of carbonyl (C=O) groups excluding carboxylic acids is 1. The van der Waals surface area contributed by atoms with Gasteiger partial charge in [0.25, 0.3) is 0 Å². The summed E-state index contributed by atoms with van der Waals surface area (Å²) in [6.45, 7) is 7.60. The molecule has 0 fully saturated rings. The Bertz CT molecular complexity index is 445. The molecule has 4 nitrogen and oxygen atoms in total. The van der Waals surface area contributed by atoms with Crippen LogP contribution in [0.2, 0.25) is 5.02 Å². The van der Waals surface area contributed by atoms with Gasteiger partial charge in [-0.05, 0) is 49.7 Å². The summed E-state index contributed by atoms with van der Waals surface area (Å²) in [5.74, 6) is 0.516. The van der Waals surface area contributed by atoms with Gasteiger partial charge in [0.05, 0.1) is 9.50 Å². The number of hydrogen-bond donors (Lipinski definition) is 2. The molecule has 2 N–H and O–H groups in total. The Hall–Kier alpha value is -0.810. The molecule has 1 aromatic heterocycles. The summed E-state index contributed by atoms with van der Waals surface area (Å²) in [5, 5.41) is 6.47. The maximum Gasteiger partial charge on any atom is 0.242 e. The highest BCUT2D eigenvalue weighted by Gasteiger charge is 2.19. The lowest BCUT2D eigenvalue weighted by Gasteiger charge is -2.24. The molecule has 100 valence electrons. The fourth-order valence-electron chi connectivity index (χ4n) is 1.27. The maximum atomic E-state index is 11.9. The van der Waals surface area contributed by atoms with Crippen molar-refractivity contribution in [2.24, 2.45) is 0 Å². The van der Waals surface area contributed by atoms with E-state index in [1.807, 2.05) is 20.8 Å². The average Bonchev–Trinajstić information content (AvgIpc) is 2.19. The van der Waals surface area contributed by atoms with Gasteiger partial charge in [-0.2, -0.15) is 0 Å². The predicted molar refractivity (Wildman–Crippen MR) is 77.9 cm³/mol. The Morgan fingerprint density at radius 2 is 2.11 bits per heavy atom. The van der Waals surface area contributed by atoms with Gasteiger partial charge in [0.1, 0.15) is 11.9 Å². The molecule has 1 atom stereocenters. The molecule has 1 amide bonds. The van der Waals surface area contributed by atoms with E-state index < -0.39 is 0 Å². The zero-order chi connectivity index (χ0) is 13.9. The van der Waals surface area contributed by atoms with Crippen molar-refractivity contribution in [3.05, 3.63) is 21.8 Å². The number of nitrogens with one attached hydrogen (secondary N) is 2. The number of anilines is 1. The fraction of sp³-hybridized carbons (Fsp3) is 0.500. The van der Waals surface area contributed by atoms with E-state index in [0.29, 0.717) is 10.8 Å². The van der Waals surface area contributed by atoms with E-state index in [0.717, 1.165) is 4.47 Å². The Labute approximate surface area is 121 Å². The highest BCUT2D eigenvalue weighted by atomic mass is 79.9. The minimum Gasteiger partial charge on any atom is -0.358 e. The number of nitrogens with zero attached hydrogens (tertiary/aromatic N) is 1. The molecule has 0 saturated heterocycles. The molecule has 1 heterocycles. The lowest BCUT2D eigenvalue weighted by molar-refractivity contribution is -0.122. The average molecular weight is 335 g/mol. The monoisotopic (exact) mass is 333 g/mol. The number of rotatable bonds is 3. The maximum absolute atomic E-state index is 11.9. The molecular formula is C12H17BrClN3O. The van der Waals surface area contributed by atoms with Gasteiger partial charge >= 0.3 is 0 Å². The van der Waals surface area contributed by atoms with Gasteiger partial charge in [0.2, 0.25) is 5.91 Å². The van der Waals surface area contributed by atoms with Crippen LogP contribution in [-0.2, 0) is 4.79 Å². The molecule has 0 aromatic carbocycles. The van der Waals surface area contributed by atoms with Gasteiger partial charge in [-0.1, -0.05) is 11.6 Å². The summed E-state index contributed by atoms with van der Waals surface area (Å²) in [4.78, 5) is 16.0. The van der Waals surface area contributed by atoms with Crippen molar-refractivity contribution in [2.45, 2.75) is 39.3 Å². The van der Waals surface area contributed by atoms with E-state index in [-0.39, 0.29) is 17.5 Å². The molecule has 0 aliphatic heterocycles. The normalized spacial score (nSPS) is 13.0. The number of aromatic nitrogens is 1. The van der Waals surface area contributed by atoms with E-state index in [1.165, 1.54) is 6.20 Å². The van der Waals surface area contributed by atoms with Crippen molar-refractivity contribution in [1.82, 2.24) is 10.3 Å². The van der Waals surface area contributed by atoms with Gasteiger partial charge in [-0.25, -0.2) is 4.98 Å². The first-order chi connectivity index (χ1) is 8.19. The van der Waals surface area contributed by atoms with Crippen LogP contribution in [0.5, 0.6) is 0 Å². The summed E-state index contributed by atoms with van der Waals surface area (Å²) in [7, 11) is 0. The minimum atomic E-state index is -0.380. The Kier molecular flexibility index (Phi) is 4.99. The number of hydrogen-bond acceptors (Lipinski definition) is 3. The molecule has 0 aliphatic rings. The summed E-state index contributed by atoms with van der Waals surface area (Å²) in [6.07, 6.45) is 1.53. The van der Waals surface area contributed by atoms with Crippen LogP contribution in [0.4, 0.5) is 5.82 Å². The quantitative estimate of drug-likeness (QED) is 0.892. The first-order valence-corrected chi connectivity index (χ1v) is 6.76. The third kappa shape index (κ3) is 4.82. The van der Waals surface area contributed by atoms with Crippen molar-refractivity contribution in [3.63, 3.8) is 0 Å². The minimum absolute atomic E-state index is 0.0776. The largest absolute Gasteiger partial charge is 0.358 e. The lowest BCUT2D eigenvalue weighted by Crippen LogP contribution is -2.47. The molecule has 6 heteroatoms. The summed E-state index contributed by atoms with van der Waals surface area (Å²) < 4.78 is 0.727. The van der Waals surface area contributed by atoms with Crippen LogP contribution in [0.1, 0.15) is 27.7 Å². The molecule has 0 radical (unpaired) electrons. The second-order valence-electron chi connectivity index (χ2n) is 5.09. The zero-order valence-electron chi connectivity index (χ0n) is 10.8. The zero-order valence-corrected chi connectivity index (χ0v) is 13.2. The van der Waals surface area contributed by atoms with Gasteiger partial charge in [0.15, 0.2) is 0 Å². The van der Waals surface area contributed by atoms with Gasteiger partial charge in [0, 0.05) is 11.7 Å². The van der Waals surface area contributed by atoms with Crippen LogP contribution < -0.4 is 10.6 Å². The van der Waals surface area contributed by atoms with E-state index in [9.17, 15) is 4.79 Å². The number of pyridine rings is 1. The van der Waals surface area contributed by atoms with Crippen LogP contribution in [0.3, 0.4) is 0 Å². The second-order valence-corrected chi connectivity index (χ2v) is 6.38. The standard InChI is InChI=1S/C12H17BrClN3O/c1-7(11(18)17-12(2,3)4)16-10-9(13)5-8(14)6-15-10/h5-7H,1-4H3,(H,15,16)(H,17,18). The van der Waals surface area contributed by atoms with Crippen LogP contribution in [0.15, 0.2) is 16.7 Å². The van der Waals surface area contributed by atoms with E-state index in [4.69, 9.17) is 11.6 Å². The third-order valence-electron chi connectivity index (χ3n) is 2.05. The first kappa shape index (κ1) is 15.2. The molecule has 0 bridgehead atoms. The summed E-state index contributed by atoms with van der Waals surface area (Å²) >= 11 is 9.15. The summed E-state index contributed by atoms with van der Waals surface area (Å²) in [5.41, 5.74) is -0.252. The molecule has 1 rings (SSSR count). The third-order valence-corrected chi connectivity index (χ3v) is 2.86. The predicted octanol–water partition coefficient (Wildman–Crippen LogP) is 3.21. The van der Waals surface area contributed by atoms with Crippen LogP contribution in [0, 0.1) is 0 Å². The number of halogens is 2. The van der Waals surface area contributed by atoms with Crippen molar-refractivity contribution in [1.29, 1.82) is 0 Å². The summed E-state index contributed by atoms with van der Waals surface area (Å²) in [6, 6.07) is 1.35. The SMILES string of the molecule is CC(Nc1ncc(Cl)cc1Br)C(=O)NC(C)(C)C. The highest BCUT2D eigenvalue weighted by Crippen LogP contribution is 2.23. The van der Waals surface area contributed by atoms with Crippen LogP contribution >= 0.6 is 27.5 Å². The molecule has 1 aromatic rings. The smallest absolute Gasteiger partial charge is 0.242 e. The van der Waals surface area contributed by atoms with E-state index in [2.05, 4.69) is 31.5 Å². The molecular weight excluding hydrogens is 318 g/mol. The first-order valence-electron chi connectivity index (χ1n) is 5.58. The van der Waals surface area contributed by atoms with Gasteiger partial charge in [-0.3, -0.25) is 4.79 Å². The van der Waals surface area contributed by atoms with Crippen molar-refractivity contribution in [2.75, 3.05) is 5.32 Å². The Morgan fingerprint density at radius 1 is 1.50 bits per heavy atom. The fourth-order valence-corrected chi connectivity index (χ4v) is 2.02. The van der Waals surface area contributed by atoms with Crippen molar-refractivity contribution in [3.8, 4) is 0 Å². The van der Waals surface area contributed by atoms with Crippen molar-refractivity contribution < 1.29 is 4.79 Å². The molecule has 0 aliphatic carbocycles. The Morgan fingerprint density at radius 3 is 2.61 bits per heavy atom. The van der Waals surface area contributed by atoms with Crippen LogP contribution in [0.25, 0.3) is 0 Å². The number of amides is 1. The highest BCUT2D eigenvalue weighted by molar-refractivity contribution is 9.10. The van der Waals surface area contributed by atoms with Gasteiger partial charge < -0.3 is 10.6 Å². The van der Waals surface area contributed by atoms with E-state index >= 15 is 0 Å². The molecule has 18 heavy (non-hydrogen) atoms. The van der Waals surface area contributed by atoms with Crippen molar-refractivity contribution >= 4 is 39.3 Å².